The fraction of sp³-hybridized carbons (Fsp3) is 0.378. The van der Waals surface area contributed by atoms with Crippen molar-refractivity contribution in [2.45, 2.75) is 37.8 Å². The number of aromatic hydroxyl groups is 1. The van der Waals surface area contributed by atoms with Gasteiger partial charge in [0.15, 0.2) is 0 Å². The molecule has 0 fully saturated rings. The van der Waals surface area contributed by atoms with E-state index in [1.807, 2.05) is 0 Å². The smallest absolute Gasteiger partial charge is 0.115 e. The third-order valence-electron chi connectivity index (χ3n) is 8.29. The van der Waals surface area contributed by atoms with Crippen molar-refractivity contribution < 1.29 is 64.1 Å². The van der Waals surface area contributed by atoms with Gasteiger partial charge in [-0.25, -0.2) is 0 Å². The zero-order chi connectivity index (χ0) is 38.8. The normalized spacial score (nSPS) is 13.1. The van der Waals surface area contributed by atoms with E-state index in [-0.39, 0.29) is 38.5 Å². The Morgan fingerprint density at radius 1 is 0.509 bits per heavy atom. The molecule has 0 aromatic heterocycles. The first kappa shape index (κ1) is 42.0. The second-order valence-electron chi connectivity index (χ2n) is 12.1. The molecule has 53 heavy (non-hydrogen) atoms. The van der Waals surface area contributed by atoms with E-state index in [4.69, 9.17) is 9.47 Å². The summed E-state index contributed by atoms with van der Waals surface area (Å²) in [7, 11) is 0. The van der Waals surface area contributed by atoms with Crippen molar-refractivity contribution in [3.63, 3.8) is 0 Å². The predicted octanol–water partition coefficient (Wildman–Crippen LogP) is -4.87. The second kappa shape index (κ2) is 21.9. The number of hydrogen-bond acceptors (Lipinski definition) is 16. The number of phenols is 1. The first-order valence-corrected chi connectivity index (χ1v) is 16.6. The predicted molar refractivity (Wildman–Crippen MR) is 175 cm³/mol. The van der Waals surface area contributed by atoms with Crippen molar-refractivity contribution in [1.82, 2.24) is 14.7 Å². The highest BCUT2D eigenvalue weighted by Crippen LogP contribution is 2.16. The summed E-state index contributed by atoms with van der Waals surface area (Å²) in [5, 5.41) is 70.2. The van der Waals surface area contributed by atoms with Gasteiger partial charge in [-0.3, -0.25) is 14.7 Å². The van der Waals surface area contributed by atoms with Crippen LogP contribution in [0.1, 0.15) is 16.7 Å². The Morgan fingerprint density at radius 3 is 1.25 bits per heavy atom. The Morgan fingerprint density at radius 2 is 0.887 bits per heavy atom. The number of hydrogen-bond donors (Lipinski definition) is 1. The van der Waals surface area contributed by atoms with Gasteiger partial charge in [0, 0.05) is 39.3 Å². The van der Waals surface area contributed by atoms with E-state index >= 15 is 0 Å². The van der Waals surface area contributed by atoms with Gasteiger partial charge in [-0.1, -0.05) is 72.8 Å². The van der Waals surface area contributed by atoms with Crippen molar-refractivity contribution in [3.05, 3.63) is 102 Å². The fourth-order valence-corrected chi connectivity index (χ4v) is 5.55. The van der Waals surface area contributed by atoms with Crippen LogP contribution in [0.4, 0.5) is 0 Å². The number of nitrogens with zero attached hydrogens (tertiary/aromatic N) is 3. The molecule has 16 nitrogen and oxygen atoms in total. The van der Waals surface area contributed by atoms with Crippen LogP contribution in [0.2, 0.25) is 0 Å². The summed E-state index contributed by atoms with van der Waals surface area (Å²) in [6.07, 6.45) is -0.224. The average molecular weight is 735 g/mol. The minimum Gasteiger partial charge on any atom is -0.549 e. The van der Waals surface area contributed by atoms with E-state index in [1.54, 1.807) is 60.7 Å². The molecule has 0 radical (unpaired) electrons. The molecular formula is C37H40N3O13-5. The number of carboxylic acid groups (broad SMARTS) is 5. The molecular weight excluding hydrogens is 694 g/mol. The van der Waals surface area contributed by atoms with Gasteiger partial charge < -0.3 is 64.1 Å². The van der Waals surface area contributed by atoms with Gasteiger partial charge >= 0.3 is 0 Å². The number of carboxylic acids is 5. The lowest BCUT2D eigenvalue weighted by molar-refractivity contribution is -0.318. The van der Waals surface area contributed by atoms with Crippen LogP contribution in [0, 0.1) is 0 Å². The Labute approximate surface area is 306 Å². The van der Waals surface area contributed by atoms with E-state index < -0.39 is 87.4 Å². The summed E-state index contributed by atoms with van der Waals surface area (Å²) in [6.45, 7) is -4.30. The van der Waals surface area contributed by atoms with Gasteiger partial charge in [-0.2, -0.15) is 0 Å². The van der Waals surface area contributed by atoms with Crippen LogP contribution in [0.3, 0.4) is 0 Å². The van der Waals surface area contributed by atoms with Crippen molar-refractivity contribution in [2.24, 2.45) is 0 Å². The molecule has 3 aromatic carbocycles. The summed E-state index contributed by atoms with van der Waals surface area (Å²) >= 11 is 0. The van der Waals surface area contributed by atoms with Crippen molar-refractivity contribution in [2.75, 3.05) is 52.5 Å². The molecule has 0 bridgehead atoms. The Bertz CT molecular complexity index is 1520. The van der Waals surface area contributed by atoms with Crippen LogP contribution in [0.25, 0.3) is 0 Å². The largest absolute Gasteiger partial charge is 0.549 e. The van der Waals surface area contributed by atoms with Gasteiger partial charge in [0.05, 0.1) is 74.4 Å². The lowest BCUT2D eigenvalue weighted by Crippen LogP contribution is -2.59. The van der Waals surface area contributed by atoms with Crippen molar-refractivity contribution in [3.8, 4) is 5.75 Å². The van der Waals surface area contributed by atoms with Crippen LogP contribution in [0.5, 0.6) is 5.75 Å². The highest BCUT2D eigenvalue weighted by Gasteiger charge is 2.27. The summed E-state index contributed by atoms with van der Waals surface area (Å²) in [6, 6.07) is 18.4. The lowest BCUT2D eigenvalue weighted by atomic mass is 10.0. The van der Waals surface area contributed by atoms with Gasteiger partial charge in [-0.05, 0) is 35.2 Å². The molecule has 286 valence electrons. The minimum atomic E-state index is -1.67. The van der Waals surface area contributed by atoms with E-state index in [2.05, 4.69) is 0 Å². The SMILES string of the molecule is O=C([O-])CN(CCN(CCN(CC(=O)[O-])C(COCc1ccccc1)C(=O)[O-])C(Cc1ccc(O)cc1)C(=O)[O-])C(COCc1ccccc1)C(=O)[O-]. The molecule has 0 aliphatic heterocycles. The Hall–Kier alpha value is -5.39. The Balaban J connectivity index is 1.87. The topological polar surface area (TPSA) is 249 Å². The number of carbonyl (C=O) groups is 5. The molecule has 0 aliphatic rings. The van der Waals surface area contributed by atoms with E-state index in [9.17, 15) is 54.6 Å². The Kier molecular flexibility index (Phi) is 17.3. The second-order valence-corrected chi connectivity index (χ2v) is 12.1. The van der Waals surface area contributed by atoms with Gasteiger partial charge in [0.25, 0.3) is 0 Å². The van der Waals surface area contributed by atoms with Crippen LogP contribution in [-0.4, -0.2) is 120 Å². The van der Waals surface area contributed by atoms with E-state index in [1.165, 1.54) is 29.2 Å². The van der Waals surface area contributed by atoms with E-state index in [0.717, 1.165) is 20.9 Å². The molecule has 3 atom stereocenters. The summed E-state index contributed by atoms with van der Waals surface area (Å²) < 4.78 is 11.1. The van der Waals surface area contributed by atoms with Crippen LogP contribution < -0.4 is 25.5 Å². The monoisotopic (exact) mass is 734 g/mol. The van der Waals surface area contributed by atoms with Gasteiger partial charge in [0.2, 0.25) is 0 Å². The van der Waals surface area contributed by atoms with Crippen molar-refractivity contribution >= 4 is 29.8 Å². The molecule has 0 amide bonds. The maximum Gasteiger partial charge on any atom is 0.115 e. The third kappa shape index (κ3) is 15.0. The van der Waals surface area contributed by atoms with Gasteiger partial charge in [-0.15, -0.1) is 0 Å². The van der Waals surface area contributed by atoms with Crippen molar-refractivity contribution in [1.29, 1.82) is 0 Å². The molecule has 16 heteroatoms. The number of ether oxygens (including phenoxy) is 2. The number of carbonyl (C=O) groups excluding carboxylic acids is 5. The maximum atomic E-state index is 12.6. The molecule has 3 rings (SSSR count). The third-order valence-corrected chi connectivity index (χ3v) is 8.29. The summed E-state index contributed by atoms with van der Waals surface area (Å²) in [5.74, 6) is -8.30. The minimum absolute atomic E-state index is 0.00176. The fourth-order valence-electron chi connectivity index (χ4n) is 5.55. The first-order chi connectivity index (χ1) is 25.3. The first-order valence-electron chi connectivity index (χ1n) is 16.6. The zero-order valence-electron chi connectivity index (χ0n) is 28.8. The molecule has 0 saturated carbocycles. The molecule has 0 saturated heterocycles. The van der Waals surface area contributed by atoms with Crippen LogP contribution in [-0.2, 0) is 53.1 Å². The standard InChI is InChI=1S/C37H45N3O13/c41-29-13-11-26(12-14-29)19-30(35(46)47)38(15-17-39(20-33(42)43)31(36(48)49)24-52-22-27-7-3-1-4-8-27)16-18-40(21-34(44)45)32(37(50)51)25-53-23-28-9-5-2-6-10-28/h1-14,30-32,41H,15-25H2,(H,42,43)(H,44,45)(H,46,47)(H,48,49)(H,50,51)/p-5. The molecule has 1 N–H and O–H groups in total. The van der Waals surface area contributed by atoms with Gasteiger partial charge in [0.1, 0.15) is 5.75 Å². The molecule has 0 aliphatic carbocycles. The zero-order valence-corrected chi connectivity index (χ0v) is 28.8. The number of benzene rings is 3. The van der Waals surface area contributed by atoms with Crippen LogP contribution >= 0.6 is 0 Å². The lowest BCUT2D eigenvalue weighted by Gasteiger charge is -2.39. The molecule has 3 aromatic rings. The summed E-state index contributed by atoms with van der Waals surface area (Å²) in [5.41, 5.74) is 1.87. The molecule has 3 unspecified atom stereocenters. The number of aliphatic carboxylic acids is 5. The highest BCUT2D eigenvalue weighted by molar-refractivity contribution is 5.74. The molecule has 0 heterocycles. The molecule has 0 spiro atoms. The number of rotatable bonds is 26. The van der Waals surface area contributed by atoms with Crippen LogP contribution in [0.15, 0.2) is 84.9 Å². The summed E-state index contributed by atoms with van der Waals surface area (Å²) in [4.78, 5) is 63.7. The maximum absolute atomic E-state index is 12.6. The number of phenolic OH excluding ortho intramolecular Hbond substituents is 1. The van der Waals surface area contributed by atoms with E-state index in [0.29, 0.717) is 5.56 Å². The average Bonchev–Trinajstić information content (AvgIpc) is 3.11. The quantitative estimate of drug-likeness (QED) is 0.0812. The highest BCUT2D eigenvalue weighted by atomic mass is 16.5.